The SMILES string of the molecule is CN(CCO)CC1COCCN1C(=O)c1cc2ccccc2o1. The summed E-state index contributed by atoms with van der Waals surface area (Å²) >= 11 is 0. The third-order valence-electron chi connectivity index (χ3n) is 4.13. The first kappa shape index (κ1) is 16.0. The lowest BCUT2D eigenvalue weighted by molar-refractivity contribution is -0.0122. The summed E-state index contributed by atoms with van der Waals surface area (Å²) in [5.74, 6) is 0.259. The lowest BCUT2D eigenvalue weighted by Crippen LogP contribution is -2.53. The van der Waals surface area contributed by atoms with E-state index in [-0.39, 0.29) is 18.6 Å². The van der Waals surface area contributed by atoms with E-state index in [0.29, 0.717) is 38.6 Å². The van der Waals surface area contributed by atoms with Gasteiger partial charge in [-0.2, -0.15) is 0 Å². The van der Waals surface area contributed by atoms with Gasteiger partial charge in [0.15, 0.2) is 5.76 Å². The molecule has 0 saturated carbocycles. The molecular formula is C17H22N2O4. The van der Waals surface area contributed by atoms with Gasteiger partial charge in [-0.15, -0.1) is 0 Å². The van der Waals surface area contributed by atoms with Crippen molar-refractivity contribution in [2.75, 3.05) is 46.5 Å². The average Bonchev–Trinajstić information content (AvgIpc) is 2.99. The molecule has 1 N–H and O–H groups in total. The Bertz CT molecular complexity index is 636. The maximum absolute atomic E-state index is 12.8. The number of para-hydroxylation sites is 1. The Morgan fingerprint density at radius 1 is 1.43 bits per heavy atom. The third-order valence-corrected chi connectivity index (χ3v) is 4.13. The second kappa shape index (κ2) is 7.12. The summed E-state index contributed by atoms with van der Waals surface area (Å²) in [4.78, 5) is 16.6. The smallest absolute Gasteiger partial charge is 0.290 e. The normalized spacial score (nSPS) is 18.7. The molecule has 2 aromatic rings. The van der Waals surface area contributed by atoms with Crippen LogP contribution in [0.2, 0.25) is 0 Å². The van der Waals surface area contributed by atoms with Gasteiger partial charge in [-0.05, 0) is 19.2 Å². The number of aliphatic hydroxyl groups excluding tert-OH is 1. The van der Waals surface area contributed by atoms with Crippen LogP contribution in [-0.2, 0) is 4.74 Å². The molecule has 1 saturated heterocycles. The molecule has 23 heavy (non-hydrogen) atoms. The van der Waals surface area contributed by atoms with Crippen molar-refractivity contribution in [1.82, 2.24) is 9.80 Å². The van der Waals surface area contributed by atoms with Crippen molar-refractivity contribution in [1.29, 1.82) is 0 Å². The van der Waals surface area contributed by atoms with Crippen molar-refractivity contribution >= 4 is 16.9 Å². The van der Waals surface area contributed by atoms with Crippen molar-refractivity contribution in [3.63, 3.8) is 0 Å². The largest absolute Gasteiger partial charge is 0.451 e. The molecule has 6 heteroatoms. The Hall–Kier alpha value is -1.89. The molecule has 1 fully saturated rings. The number of furan rings is 1. The summed E-state index contributed by atoms with van der Waals surface area (Å²) in [5, 5.41) is 9.96. The summed E-state index contributed by atoms with van der Waals surface area (Å²) in [6.45, 7) is 2.92. The van der Waals surface area contributed by atoms with Crippen LogP contribution in [0.4, 0.5) is 0 Å². The summed E-state index contributed by atoms with van der Waals surface area (Å²) < 4.78 is 11.2. The van der Waals surface area contributed by atoms with E-state index >= 15 is 0 Å². The number of likely N-dealkylation sites (N-methyl/N-ethyl adjacent to an activating group) is 1. The average molecular weight is 318 g/mol. The Morgan fingerprint density at radius 3 is 3.04 bits per heavy atom. The van der Waals surface area contributed by atoms with Crippen molar-refractivity contribution in [3.05, 3.63) is 36.1 Å². The van der Waals surface area contributed by atoms with Crippen LogP contribution in [0.3, 0.4) is 0 Å². The number of fused-ring (bicyclic) bond motifs is 1. The maximum atomic E-state index is 12.8. The fraction of sp³-hybridized carbons (Fsp3) is 0.471. The van der Waals surface area contributed by atoms with Crippen LogP contribution in [-0.4, -0.2) is 73.4 Å². The molecule has 124 valence electrons. The van der Waals surface area contributed by atoms with Crippen molar-refractivity contribution < 1.29 is 19.1 Å². The minimum absolute atomic E-state index is 0.0407. The lowest BCUT2D eigenvalue weighted by atomic mass is 10.2. The van der Waals surface area contributed by atoms with E-state index in [9.17, 15) is 4.79 Å². The Morgan fingerprint density at radius 2 is 2.26 bits per heavy atom. The van der Waals surface area contributed by atoms with Crippen LogP contribution >= 0.6 is 0 Å². The van der Waals surface area contributed by atoms with Gasteiger partial charge in [0, 0.05) is 25.0 Å². The maximum Gasteiger partial charge on any atom is 0.290 e. The van der Waals surface area contributed by atoms with Crippen molar-refractivity contribution in [2.45, 2.75) is 6.04 Å². The number of nitrogens with zero attached hydrogens (tertiary/aromatic N) is 2. The zero-order valence-corrected chi connectivity index (χ0v) is 13.3. The van der Waals surface area contributed by atoms with Gasteiger partial charge in [0.25, 0.3) is 5.91 Å². The van der Waals surface area contributed by atoms with Crippen LogP contribution in [0.1, 0.15) is 10.6 Å². The number of ether oxygens (including phenoxy) is 1. The second-order valence-electron chi connectivity index (χ2n) is 5.86. The summed E-state index contributed by atoms with van der Waals surface area (Å²) in [7, 11) is 1.93. The van der Waals surface area contributed by atoms with Gasteiger partial charge in [0.2, 0.25) is 0 Å². The molecule has 1 amide bonds. The molecule has 1 aromatic carbocycles. The van der Waals surface area contributed by atoms with Gasteiger partial charge in [0.05, 0.1) is 25.9 Å². The summed E-state index contributed by atoms with van der Waals surface area (Å²) in [5.41, 5.74) is 0.720. The predicted molar refractivity (Wildman–Crippen MR) is 86.4 cm³/mol. The molecule has 0 bridgehead atoms. The van der Waals surface area contributed by atoms with Crippen LogP contribution < -0.4 is 0 Å². The van der Waals surface area contributed by atoms with E-state index < -0.39 is 0 Å². The lowest BCUT2D eigenvalue weighted by Gasteiger charge is -2.37. The molecule has 2 heterocycles. The number of carbonyl (C=O) groups excluding carboxylic acids is 1. The van der Waals surface area contributed by atoms with E-state index in [0.717, 1.165) is 11.0 Å². The molecule has 3 rings (SSSR count). The standard InChI is InChI=1S/C17H22N2O4/c1-18(6-8-20)11-14-12-22-9-7-19(14)17(21)16-10-13-4-2-3-5-15(13)23-16/h2-5,10,14,20H,6-9,11-12H2,1H3. The number of rotatable bonds is 5. The molecule has 0 radical (unpaired) electrons. The zero-order chi connectivity index (χ0) is 16.2. The van der Waals surface area contributed by atoms with Gasteiger partial charge in [0.1, 0.15) is 5.58 Å². The number of aliphatic hydroxyl groups is 1. The number of hydrogen-bond acceptors (Lipinski definition) is 5. The van der Waals surface area contributed by atoms with E-state index in [1.165, 1.54) is 0 Å². The van der Waals surface area contributed by atoms with E-state index in [1.54, 1.807) is 6.07 Å². The first-order valence-corrected chi connectivity index (χ1v) is 7.85. The predicted octanol–water partition coefficient (Wildman–Crippen LogP) is 1.20. The van der Waals surface area contributed by atoms with Crippen LogP contribution in [0.15, 0.2) is 34.7 Å². The first-order chi connectivity index (χ1) is 11.2. The molecule has 1 unspecified atom stereocenters. The molecule has 0 aliphatic carbocycles. The molecule has 0 spiro atoms. The van der Waals surface area contributed by atoms with Gasteiger partial charge in [-0.1, -0.05) is 18.2 Å². The third kappa shape index (κ3) is 3.55. The van der Waals surface area contributed by atoms with Gasteiger partial charge < -0.3 is 24.1 Å². The number of hydrogen-bond donors (Lipinski definition) is 1. The van der Waals surface area contributed by atoms with Gasteiger partial charge in [-0.25, -0.2) is 0 Å². The fourth-order valence-corrected chi connectivity index (χ4v) is 2.92. The number of benzene rings is 1. The highest BCUT2D eigenvalue weighted by molar-refractivity contribution is 5.96. The molecule has 1 atom stereocenters. The number of morpholine rings is 1. The fourth-order valence-electron chi connectivity index (χ4n) is 2.92. The highest BCUT2D eigenvalue weighted by Crippen LogP contribution is 2.21. The van der Waals surface area contributed by atoms with Crippen molar-refractivity contribution in [2.24, 2.45) is 0 Å². The molecule has 1 aliphatic rings. The summed E-state index contributed by atoms with van der Waals surface area (Å²) in [6.07, 6.45) is 0. The van der Waals surface area contributed by atoms with Crippen molar-refractivity contribution in [3.8, 4) is 0 Å². The quantitative estimate of drug-likeness (QED) is 0.897. The highest BCUT2D eigenvalue weighted by Gasteiger charge is 2.30. The summed E-state index contributed by atoms with van der Waals surface area (Å²) in [6, 6.07) is 9.36. The van der Waals surface area contributed by atoms with Crippen LogP contribution in [0.5, 0.6) is 0 Å². The Balaban J connectivity index is 1.77. The van der Waals surface area contributed by atoms with E-state index in [4.69, 9.17) is 14.3 Å². The monoisotopic (exact) mass is 318 g/mol. The Kier molecular flexibility index (Phi) is 4.95. The Labute approximate surface area is 135 Å². The molecular weight excluding hydrogens is 296 g/mol. The number of amides is 1. The van der Waals surface area contributed by atoms with Gasteiger partial charge >= 0.3 is 0 Å². The van der Waals surface area contributed by atoms with Crippen LogP contribution in [0.25, 0.3) is 11.0 Å². The zero-order valence-electron chi connectivity index (χ0n) is 13.3. The second-order valence-corrected chi connectivity index (χ2v) is 5.86. The van der Waals surface area contributed by atoms with E-state index in [2.05, 4.69) is 0 Å². The molecule has 1 aromatic heterocycles. The number of carbonyl (C=O) groups is 1. The molecule has 6 nitrogen and oxygen atoms in total. The first-order valence-electron chi connectivity index (χ1n) is 7.85. The minimum Gasteiger partial charge on any atom is -0.451 e. The molecule has 1 aliphatic heterocycles. The highest BCUT2D eigenvalue weighted by atomic mass is 16.5. The van der Waals surface area contributed by atoms with Crippen LogP contribution in [0, 0.1) is 0 Å². The topological polar surface area (TPSA) is 66.2 Å². The van der Waals surface area contributed by atoms with Gasteiger partial charge in [-0.3, -0.25) is 4.79 Å². The minimum atomic E-state index is -0.105. The van der Waals surface area contributed by atoms with E-state index in [1.807, 2.05) is 41.1 Å².